The number of anilines is 2. The van der Waals surface area contributed by atoms with Crippen LogP contribution in [0.4, 0.5) is 11.8 Å². The van der Waals surface area contributed by atoms with Crippen LogP contribution in [0.15, 0.2) is 24.5 Å². The molecule has 0 unspecified atom stereocenters. The fourth-order valence-electron chi connectivity index (χ4n) is 4.32. The summed E-state index contributed by atoms with van der Waals surface area (Å²) in [4.78, 5) is 14.1. The van der Waals surface area contributed by atoms with Crippen molar-refractivity contribution in [2.24, 2.45) is 5.92 Å². The largest absolute Gasteiger partial charge is 0.393 e. The quantitative estimate of drug-likeness (QED) is 0.414. The predicted octanol–water partition coefficient (Wildman–Crippen LogP) is 4.35. The Morgan fingerprint density at radius 1 is 1.06 bits per heavy atom. The molecule has 7 nitrogen and oxygen atoms in total. The molecule has 4 N–H and O–H groups in total. The fourth-order valence-corrected chi connectivity index (χ4v) is 4.32. The second-order valence-electron chi connectivity index (χ2n) is 9.57. The molecule has 1 atom stereocenters. The van der Waals surface area contributed by atoms with Crippen molar-refractivity contribution in [2.75, 3.05) is 17.2 Å². The molecule has 32 heavy (non-hydrogen) atoms. The van der Waals surface area contributed by atoms with Crippen LogP contribution in [0.3, 0.4) is 0 Å². The molecule has 2 fully saturated rings. The normalized spacial score (nSPS) is 21.8. The van der Waals surface area contributed by atoms with E-state index >= 15 is 0 Å². The van der Waals surface area contributed by atoms with Gasteiger partial charge in [0.05, 0.1) is 17.4 Å². The van der Waals surface area contributed by atoms with E-state index in [-0.39, 0.29) is 6.10 Å². The number of aromatic nitrogens is 3. The second-order valence-corrected chi connectivity index (χ2v) is 9.57. The lowest BCUT2D eigenvalue weighted by molar-refractivity contribution is 0.126. The van der Waals surface area contributed by atoms with Gasteiger partial charge in [0.1, 0.15) is 5.82 Å². The number of nitrogens with one attached hydrogen (secondary N) is 3. The molecule has 0 bridgehead atoms. The molecule has 2 saturated carbocycles. The SMILES string of the molecule is CCC[C@H](C)Nc1ncc(-c2ccc(CNCC3CC3)cn2)c(N[C@H]2CC[C@H](O)CC2)n1. The van der Waals surface area contributed by atoms with Gasteiger partial charge in [-0.15, -0.1) is 0 Å². The van der Waals surface area contributed by atoms with Crippen molar-refractivity contribution in [3.8, 4) is 11.3 Å². The van der Waals surface area contributed by atoms with Crippen LogP contribution in [0.5, 0.6) is 0 Å². The third-order valence-corrected chi connectivity index (χ3v) is 6.48. The molecule has 0 aromatic carbocycles. The molecule has 0 saturated heterocycles. The lowest BCUT2D eigenvalue weighted by atomic mass is 9.93. The van der Waals surface area contributed by atoms with Crippen molar-refractivity contribution in [3.05, 3.63) is 30.1 Å². The zero-order valence-electron chi connectivity index (χ0n) is 19.5. The minimum absolute atomic E-state index is 0.173. The standard InChI is InChI=1S/C25H38N6O/c1-3-4-17(2)29-25-28-16-22(24(31-25)30-20-8-10-21(32)11-9-20)23-12-7-19(15-27-23)14-26-13-18-5-6-18/h7,12,15-18,20-21,26,32H,3-6,8-11,13-14H2,1-2H3,(H2,28,29,30,31)/t17-,20-,21-/m0/s1. The summed E-state index contributed by atoms with van der Waals surface area (Å²) in [6.07, 6.45) is 12.1. The summed E-state index contributed by atoms with van der Waals surface area (Å²) >= 11 is 0. The molecule has 2 aliphatic rings. The van der Waals surface area contributed by atoms with Crippen molar-refractivity contribution >= 4 is 11.8 Å². The maximum Gasteiger partial charge on any atom is 0.224 e. The highest BCUT2D eigenvalue weighted by atomic mass is 16.3. The minimum atomic E-state index is -0.173. The van der Waals surface area contributed by atoms with E-state index in [4.69, 9.17) is 9.97 Å². The van der Waals surface area contributed by atoms with Crippen LogP contribution < -0.4 is 16.0 Å². The maximum absolute atomic E-state index is 9.86. The Bertz CT molecular complexity index is 846. The van der Waals surface area contributed by atoms with Crippen molar-refractivity contribution < 1.29 is 5.11 Å². The van der Waals surface area contributed by atoms with E-state index in [2.05, 4.69) is 46.9 Å². The number of aliphatic hydroxyl groups excluding tert-OH is 1. The van der Waals surface area contributed by atoms with E-state index in [1.807, 2.05) is 12.4 Å². The van der Waals surface area contributed by atoms with Crippen molar-refractivity contribution in [1.82, 2.24) is 20.3 Å². The summed E-state index contributed by atoms with van der Waals surface area (Å²) < 4.78 is 0. The summed E-state index contributed by atoms with van der Waals surface area (Å²) in [6.45, 7) is 6.30. The molecule has 0 aliphatic heterocycles. The van der Waals surface area contributed by atoms with Gasteiger partial charge in [0.2, 0.25) is 5.95 Å². The smallest absolute Gasteiger partial charge is 0.224 e. The highest BCUT2D eigenvalue weighted by Crippen LogP contribution is 2.30. The van der Waals surface area contributed by atoms with Crippen LogP contribution in [0.1, 0.15) is 70.8 Å². The topological polar surface area (TPSA) is 95.0 Å². The van der Waals surface area contributed by atoms with E-state index in [0.29, 0.717) is 18.0 Å². The van der Waals surface area contributed by atoms with Crippen molar-refractivity contribution in [3.63, 3.8) is 0 Å². The average molecular weight is 439 g/mol. The molecule has 7 heteroatoms. The molecule has 0 amide bonds. The van der Waals surface area contributed by atoms with Gasteiger partial charge in [-0.05, 0) is 76.0 Å². The van der Waals surface area contributed by atoms with Crippen molar-refractivity contribution in [2.45, 2.75) is 89.9 Å². The van der Waals surface area contributed by atoms with Gasteiger partial charge in [-0.25, -0.2) is 4.98 Å². The van der Waals surface area contributed by atoms with Gasteiger partial charge in [-0.2, -0.15) is 4.98 Å². The number of pyridine rings is 1. The molecule has 2 heterocycles. The summed E-state index contributed by atoms with van der Waals surface area (Å²) in [6, 6.07) is 4.83. The van der Waals surface area contributed by atoms with Crippen LogP contribution in [0.25, 0.3) is 11.3 Å². The first-order chi connectivity index (χ1) is 15.6. The first-order valence-electron chi connectivity index (χ1n) is 12.3. The number of hydrogen-bond donors (Lipinski definition) is 4. The predicted molar refractivity (Wildman–Crippen MR) is 130 cm³/mol. The number of aliphatic hydroxyl groups is 1. The van der Waals surface area contributed by atoms with Crippen LogP contribution in [0, 0.1) is 5.92 Å². The molecule has 174 valence electrons. The van der Waals surface area contributed by atoms with Crippen LogP contribution in [-0.2, 0) is 6.54 Å². The Hall–Kier alpha value is -2.25. The molecule has 4 rings (SSSR count). The average Bonchev–Trinajstić information content (AvgIpc) is 3.61. The third kappa shape index (κ3) is 6.62. The zero-order chi connectivity index (χ0) is 22.3. The van der Waals surface area contributed by atoms with Gasteiger partial charge < -0.3 is 21.1 Å². The second kappa shape index (κ2) is 11.1. The van der Waals surface area contributed by atoms with Crippen LogP contribution in [0.2, 0.25) is 0 Å². The highest BCUT2D eigenvalue weighted by Gasteiger charge is 2.22. The summed E-state index contributed by atoms with van der Waals surface area (Å²) in [5, 5.41) is 20.4. The van der Waals surface area contributed by atoms with Crippen molar-refractivity contribution in [1.29, 1.82) is 0 Å². The van der Waals surface area contributed by atoms with Gasteiger partial charge in [0.25, 0.3) is 0 Å². The monoisotopic (exact) mass is 438 g/mol. The molecule has 2 aromatic heterocycles. The molecule has 2 aliphatic carbocycles. The van der Waals surface area contributed by atoms with E-state index in [9.17, 15) is 5.11 Å². The Labute approximate surface area is 191 Å². The van der Waals surface area contributed by atoms with E-state index in [1.165, 1.54) is 18.4 Å². The first-order valence-corrected chi connectivity index (χ1v) is 12.3. The Morgan fingerprint density at radius 2 is 1.88 bits per heavy atom. The molecular weight excluding hydrogens is 400 g/mol. The maximum atomic E-state index is 9.86. The molecule has 2 aromatic rings. The lowest BCUT2D eigenvalue weighted by Gasteiger charge is -2.27. The van der Waals surface area contributed by atoms with E-state index in [1.54, 1.807) is 0 Å². The Balaban J connectivity index is 1.49. The van der Waals surface area contributed by atoms with Gasteiger partial charge in [0.15, 0.2) is 0 Å². The van der Waals surface area contributed by atoms with Gasteiger partial charge in [-0.1, -0.05) is 19.4 Å². The first kappa shape index (κ1) is 22.9. The molecular formula is C25H38N6O. The summed E-state index contributed by atoms with van der Waals surface area (Å²) in [7, 11) is 0. The molecule has 0 radical (unpaired) electrons. The highest BCUT2D eigenvalue weighted by molar-refractivity contribution is 5.73. The van der Waals surface area contributed by atoms with Gasteiger partial charge in [0, 0.05) is 31.0 Å². The number of nitrogens with zero attached hydrogens (tertiary/aromatic N) is 3. The zero-order valence-corrected chi connectivity index (χ0v) is 19.5. The fraction of sp³-hybridized carbons (Fsp3) is 0.640. The van der Waals surface area contributed by atoms with E-state index < -0.39 is 0 Å². The number of rotatable bonds is 11. The third-order valence-electron chi connectivity index (χ3n) is 6.48. The van der Waals surface area contributed by atoms with E-state index in [0.717, 1.165) is 74.6 Å². The summed E-state index contributed by atoms with van der Waals surface area (Å²) in [5.41, 5.74) is 2.99. The van der Waals surface area contributed by atoms with Gasteiger partial charge >= 0.3 is 0 Å². The van der Waals surface area contributed by atoms with Crippen LogP contribution in [-0.4, -0.2) is 44.8 Å². The molecule has 0 spiro atoms. The summed E-state index contributed by atoms with van der Waals surface area (Å²) in [5.74, 6) is 2.34. The lowest BCUT2D eigenvalue weighted by Crippen LogP contribution is -2.29. The number of hydrogen-bond acceptors (Lipinski definition) is 7. The van der Waals surface area contributed by atoms with Gasteiger partial charge in [-0.3, -0.25) is 4.98 Å². The van der Waals surface area contributed by atoms with Crippen LogP contribution >= 0.6 is 0 Å². The Morgan fingerprint density at radius 3 is 2.56 bits per heavy atom. The Kier molecular flexibility index (Phi) is 7.92. The minimum Gasteiger partial charge on any atom is -0.393 e.